The molecular formula is C20H23FN2O2. The van der Waals surface area contributed by atoms with E-state index in [1.165, 1.54) is 24.3 Å². The number of nitrogens with one attached hydrogen (secondary N) is 1. The average Bonchev–Trinajstić information content (AvgIpc) is 2.65. The molecule has 0 spiro atoms. The lowest BCUT2D eigenvalue weighted by Crippen LogP contribution is -2.35. The minimum absolute atomic E-state index is 0.279. The van der Waals surface area contributed by atoms with Crippen LogP contribution in [-0.4, -0.2) is 42.8 Å². The van der Waals surface area contributed by atoms with Crippen LogP contribution in [0.2, 0.25) is 0 Å². The molecule has 25 heavy (non-hydrogen) atoms. The second-order valence-corrected chi connectivity index (χ2v) is 5.66. The minimum atomic E-state index is -0.404. The molecule has 0 heterocycles. The Hall–Kier alpha value is -2.53. The number of hydrogen-bond acceptors (Lipinski definition) is 3. The summed E-state index contributed by atoms with van der Waals surface area (Å²) in [7, 11) is 0. The maximum absolute atomic E-state index is 13.0. The summed E-state index contributed by atoms with van der Waals surface area (Å²) < 4.78 is 13.0. The Labute approximate surface area is 147 Å². The van der Waals surface area contributed by atoms with Crippen molar-refractivity contribution in [2.75, 3.05) is 26.2 Å². The van der Waals surface area contributed by atoms with Crippen LogP contribution < -0.4 is 5.32 Å². The van der Waals surface area contributed by atoms with Gasteiger partial charge in [-0.15, -0.1) is 0 Å². The largest absolute Gasteiger partial charge is 0.351 e. The Kier molecular flexibility index (Phi) is 6.83. The zero-order valence-electron chi connectivity index (χ0n) is 14.6. The van der Waals surface area contributed by atoms with Gasteiger partial charge in [0.2, 0.25) is 0 Å². The maximum atomic E-state index is 13.0. The Bertz CT molecular complexity index is 725. The van der Waals surface area contributed by atoms with Crippen molar-refractivity contribution >= 4 is 11.7 Å². The smallest absolute Gasteiger partial charge is 0.252 e. The van der Waals surface area contributed by atoms with Crippen LogP contribution in [0.15, 0.2) is 48.5 Å². The van der Waals surface area contributed by atoms with Crippen LogP contribution in [0.1, 0.15) is 40.1 Å². The number of amides is 1. The van der Waals surface area contributed by atoms with E-state index in [1.54, 1.807) is 24.3 Å². The van der Waals surface area contributed by atoms with Crippen LogP contribution in [0.3, 0.4) is 0 Å². The first-order valence-electron chi connectivity index (χ1n) is 8.46. The lowest BCUT2D eigenvalue weighted by atomic mass is 9.98. The predicted molar refractivity (Wildman–Crippen MR) is 96.4 cm³/mol. The van der Waals surface area contributed by atoms with E-state index in [9.17, 15) is 14.0 Å². The predicted octanol–water partition coefficient (Wildman–Crippen LogP) is 3.13. The number of ketones is 1. The van der Waals surface area contributed by atoms with Crippen molar-refractivity contribution in [2.24, 2.45) is 0 Å². The molecule has 1 amide bonds. The van der Waals surface area contributed by atoms with Crippen LogP contribution in [-0.2, 0) is 0 Å². The Morgan fingerprint density at radius 1 is 0.960 bits per heavy atom. The summed E-state index contributed by atoms with van der Waals surface area (Å²) in [5, 5.41) is 2.86. The number of benzene rings is 2. The SMILES string of the molecule is CCN(CC)CCNC(=O)c1ccccc1C(=O)c1ccc(F)cc1. The van der Waals surface area contributed by atoms with Crippen LogP contribution in [0.4, 0.5) is 4.39 Å². The number of likely N-dealkylation sites (N-methyl/N-ethyl adjacent to an activating group) is 1. The molecule has 0 fully saturated rings. The molecule has 0 aliphatic rings. The van der Waals surface area contributed by atoms with Crippen LogP contribution in [0, 0.1) is 5.82 Å². The number of halogens is 1. The van der Waals surface area contributed by atoms with Gasteiger partial charge in [-0.2, -0.15) is 0 Å². The third-order valence-electron chi connectivity index (χ3n) is 4.13. The molecule has 0 atom stereocenters. The molecule has 0 radical (unpaired) electrons. The van der Waals surface area contributed by atoms with Crippen molar-refractivity contribution in [3.05, 3.63) is 71.0 Å². The highest BCUT2D eigenvalue weighted by atomic mass is 19.1. The molecule has 0 aliphatic heterocycles. The number of carbonyl (C=O) groups excluding carboxylic acids is 2. The lowest BCUT2D eigenvalue weighted by Gasteiger charge is -2.18. The Balaban J connectivity index is 2.13. The number of rotatable bonds is 8. The van der Waals surface area contributed by atoms with Crippen LogP contribution in [0.25, 0.3) is 0 Å². The highest BCUT2D eigenvalue weighted by Gasteiger charge is 2.18. The molecule has 2 aromatic carbocycles. The van der Waals surface area contributed by atoms with E-state index in [1.807, 2.05) is 0 Å². The standard InChI is InChI=1S/C20H23FN2O2/c1-3-23(4-2)14-13-22-20(25)18-8-6-5-7-17(18)19(24)15-9-11-16(21)12-10-15/h5-12H,3-4,13-14H2,1-2H3,(H,22,25). The lowest BCUT2D eigenvalue weighted by molar-refractivity contribution is 0.0938. The number of nitrogens with zero attached hydrogens (tertiary/aromatic N) is 1. The Morgan fingerprint density at radius 3 is 2.16 bits per heavy atom. The third-order valence-corrected chi connectivity index (χ3v) is 4.13. The van der Waals surface area contributed by atoms with Crippen molar-refractivity contribution in [1.82, 2.24) is 10.2 Å². The third kappa shape index (κ3) is 4.97. The van der Waals surface area contributed by atoms with E-state index in [0.717, 1.165) is 19.6 Å². The van der Waals surface area contributed by atoms with E-state index in [0.29, 0.717) is 23.2 Å². The van der Waals surface area contributed by atoms with E-state index in [-0.39, 0.29) is 11.7 Å². The van der Waals surface area contributed by atoms with Gasteiger partial charge in [0.1, 0.15) is 5.82 Å². The molecule has 5 heteroatoms. The second kappa shape index (κ2) is 9.08. The molecule has 2 rings (SSSR count). The molecule has 0 unspecified atom stereocenters. The molecule has 132 valence electrons. The molecule has 0 saturated carbocycles. The number of hydrogen-bond donors (Lipinski definition) is 1. The van der Waals surface area contributed by atoms with Gasteiger partial charge in [-0.3, -0.25) is 9.59 Å². The molecular weight excluding hydrogens is 319 g/mol. The van der Waals surface area contributed by atoms with Crippen molar-refractivity contribution in [3.63, 3.8) is 0 Å². The van der Waals surface area contributed by atoms with Crippen molar-refractivity contribution in [1.29, 1.82) is 0 Å². The Morgan fingerprint density at radius 2 is 1.56 bits per heavy atom. The van der Waals surface area contributed by atoms with E-state index in [4.69, 9.17) is 0 Å². The van der Waals surface area contributed by atoms with Gasteiger partial charge < -0.3 is 10.2 Å². The minimum Gasteiger partial charge on any atom is -0.351 e. The monoisotopic (exact) mass is 342 g/mol. The molecule has 2 aromatic rings. The van der Waals surface area contributed by atoms with Crippen LogP contribution >= 0.6 is 0 Å². The summed E-state index contributed by atoms with van der Waals surface area (Å²) >= 11 is 0. The van der Waals surface area contributed by atoms with Crippen molar-refractivity contribution in [3.8, 4) is 0 Å². The van der Waals surface area contributed by atoms with E-state index < -0.39 is 5.82 Å². The maximum Gasteiger partial charge on any atom is 0.252 e. The first-order valence-corrected chi connectivity index (χ1v) is 8.46. The second-order valence-electron chi connectivity index (χ2n) is 5.66. The van der Waals surface area contributed by atoms with Gasteiger partial charge in [0.25, 0.3) is 5.91 Å². The molecule has 0 bridgehead atoms. The van der Waals surface area contributed by atoms with Crippen LogP contribution in [0.5, 0.6) is 0 Å². The van der Waals surface area contributed by atoms with Gasteiger partial charge >= 0.3 is 0 Å². The fourth-order valence-corrected chi connectivity index (χ4v) is 2.60. The van der Waals surface area contributed by atoms with Gasteiger partial charge in [0.05, 0.1) is 5.56 Å². The van der Waals surface area contributed by atoms with E-state index in [2.05, 4.69) is 24.1 Å². The van der Waals surface area contributed by atoms with Crippen molar-refractivity contribution < 1.29 is 14.0 Å². The zero-order chi connectivity index (χ0) is 18.2. The quantitative estimate of drug-likeness (QED) is 0.750. The molecule has 0 saturated heterocycles. The normalized spacial score (nSPS) is 10.7. The summed E-state index contributed by atoms with van der Waals surface area (Å²) in [4.78, 5) is 27.3. The first kappa shape index (κ1) is 18.8. The van der Waals surface area contributed by atoms with Gasteiger partial charge in [-0.25, -0.2) is 4.39 Å². The highest BCUT2D eigenvalue weighted by Crippen LogP contribution is 2.15. The number of carbonyl (C=O) groups is 2. The van der Waals surface area contributed by atoms with Gasteiger partial charge in [0.15, 0.2) is 5.78 Å². The van der Waals surface area contributed by atoms with Gasteiger partial charge in [0, 0.05) is 24.2 Å². The fourth-order valence-electron chi connectivity index (χ4n) is 2.60. The summed E-state index contributed by atoms with van der Waals surface area (Å²) in [6.07, 6.45) is 0. The van der Waals surface area contributed by atoms with Gasteiger partial charge in [-0.1, -0.05) is 32.0 Å². The summed E-state index contributed by atoms with van der Waals surface area (Å²) in [5.74, 6) is -0.980. The molecule has 1 N–H and O–H groups in total. The summed E-state index contributed by atoms with van der Waals surface area (Å²) in [6.45, 7) is 7.26. The molecule has 4 nitrogen and oxygen atoms in total. The molecule has 0 aliphatic carbocycles. The fraction of sp³-hybridized carbons (Fsp3) is 0.300. The van der Waals surface area contributed by atoms with Gasteiger partial charge in [-0.05, 0) is 43.4 Å². The average molecular weight is 342 g/mol. The van der Waals surface area contributed by atoms with Crippen molar-refractivity contribution in [2.45, 2.75) is 13.8 Å². The highest BCUT2D eigenvalue weighted by molar-refractivity contribution is 6.15. The first-order chi connectivity index (χ1) is 12.1. The summed E-state index contributed by atoms with van der Waals surface area (Å²) in [6, 6.07) is 12.0. The topological polar surface area (TPSA) is 49.4 Å². The zero-order valence-corrected chi connectivity index (χ0v) is 14.6. The van der Waals surface area contributed by atoms with E-state index >= 15 is 0 Å². The summed E-state index contributed by atoms with van der Waals surface area (Å²) in [5.41, 5.74) is 0.996. The molecule has 0 aromatic heterocycles.